The fourth-order valence-electron chi connectivity index (χ4n) is 3.29. The summed E-state index contributed by atoms with van der Waals surface area (Å²) in [5.41, 5.74) is 2.92. The van der Waals surface area contributed by atoms with Crippen molar-refractivity contribution in [1.82, 2.24) is 20.2 Å². The molecule has 3 aromatic rings. The summed E-state index contributed by atoms with van der Waals surface area (Å²) in [6.07, 6.45) is 0.940. The number of hydrogen-bond donors (Lipinski definition) is 3. The van der Waals surface area contributed by atoms with Gasteiger partial charge in [-0.3, -0.25) is 0 Å². The third kappa shape index (κ3) is 4.99. The molecule has 0 amide bonds. The van der Waals surface area contributed by atoms with Crippen molar-refractivity contribution in [3.8, 4) is 11.5 Å². The van der Waals surface area contributed by atoms with Crippen molar-refractivity contribution in [2.75, 3.05) is 20.2 Å². The Morgan fingerprint density at radius 3 is 2.79 bits per heavy atom. The van der Waals surface area contributed by atoms with Crippen molar-refractivity contribution < 1.29 is 9.84 Å². The van der Waals surface area contributed by atoms with E-state index in [0.717, 1.165) is 48.9 Å². The number of aliphatic imine (C=N–C) groups is 1. The summed E-state index contributed by atoms with van der Waals surface area (Å²) in [6.45, 7) is 6.86. The number of benzene rings is 2. The Morgan fingerprint density at radius 2 is 2.00 bits per heavy atom. The zero-order valence-electron chi connectivity index (χ0n) is 17.3. The normalized spacial score (nSPS) is 11.6. The van der Waals surface area contributed by atoms with Gasteiger partial charge in [-0.15, -0.1) is 0 Å². The number of hydrogen-bond acceptors (Lipinski definition) is 4. The second-order valence-corrected chi connectivity index (χ2v) is 6.74. The maximum atomic E-state index is 10.2. The van der Waals surface area contributed by atoms with Crippen LogP contribution in [0.5, 0.6) is 11.5 Å². The van der Waals surface area contributed by atoms with Gasteiger partial charge in [-0.1, -0.05) is 24.3 Å². The molecule has 0 aliphatic carbocycles. The molecule has 29 heavy (non-hydrogen) atoms. The van der Waals surface area contributed by atoms with Crippen LogP contribution in [0.15, 0.2) is 47.5 Å². The standard InChI is InChI=1S/C22H29N5O2/c1-4-23-22(25-15-17-9-7-12-20(29-3)21(17)28)24-13-8-14-27-16(2)26-18-10-5-6-11-19(18)27/h5-7,9-12,28H,4,8,13-15H2,1-3H3,(H2,23,24,25). The highest BCUT2D eigenvalue weighted by molar-refractivity contribution is 5.79. The maximum absolute atomic E-state index is 10.2. The minimum absolute atomic E-state index is 0.136. The van der Waals surface area contributed by atoms with Crippen LogP contribution in [0.2, 0.25) is 0 Å². The van der Waals surface area contributed by atoms with Crippen LogP contribution in [0.4, 0.5) is 0 Å². The molecule has 0 aliphatic heterocycles. The van der Waals surface area contributed by atoms with E-state index in [1.54, 1.807) is 13.2 Å². The van der Waals surface area contributed by atoms with E-state index >= 15 is 0 Å². The molecule has 2 aromatic carbocycles. The second-order valence-electron chi connectivity index (χ2n) is 6.74. The van der Waals surface area contributed by atoms with E-state index < -0.39 is 0 Å². The van der Waals surface area contributed by atoms with Gasteiger partial charge in [-0.25, -0.2) is 9.98 Å². The van der Waals surface area contributed by atoms with Crippen LogP contribution >= 0.6 is 0 Å². The number of nitrogens with zero attached hydrogens (tertiary/aromatic N) is 3. The molecule has 3 rings (SSSR count). The molecule has 0 saturated carbocycles. The number of rotatable bonds is 8. The highest BCUT2D eigenvalue weighted by Gasteiger charge is 2.08. The van der Waals surface area contributed by atoms with E-state index in [9.17, 15) is 5.11 Å². The first-order chi connectivity index (χ1) is 14.1. The Bertz CT molecular complexity index is 980. The van der Waals surface area contributed by atoms with Crippen LogP contribution in [-0.2, 0) is 13.1 Å². The SMILES string of the molecule is CCNC(=NCc1cccc(OC)c1O)NCCCn1c(C)nc2ccccc21. The van der Waals surface area contributed by atoms with Gasteiger partial charge in [-0.2, -0.15) is 0 Å². The minimum atomic E-state index is 0.136. The molecule has 1 aromatic heterocycles. The lowest BCUT2D eigenvalue weighted by Gasteiger charge is -2.13. The van der Waals surface area contributed by atoms with Crippen molar-refractivity contribution in [3.63, 3.8) is 0 Å². The zero-order valence-corrected chi connectivity index (χ0v) is 17.3. The monoisotopic (exact) mass is 395 g/mol. The molecule has 0 atom stereocenters. The summed E-state index contributed by atoms with van der Waals surface area (Å²) < 4.78 is 7.40. The van der Waals surface area contributed by atoms with Crippen LogP contribution in [0.1, 0.15) is 24.7 Å². The molecule has 0 saturated heterocycles. The number of nitrogens with one attached hydrogen (secondary N) is 2. The van der Waals surface area contributed by atoms with Gasteiger partial charge in [0.1, 0.15) is 5.82 Å². The predicted octanol–water partition coefficient (Wildman–Crippen LogP) is 3.20. The van der Waals surface area contributed by atoms with Crippen LogP contribution in [0, 0.1) is 6.92 Å². The largest absolute Gasteiger partial charge is 0.504 e. The molecule has 0 radical (unpaired) electrons. The zero-order chi connectivity index (χ0) is 20.6. The molecule has 0 unspecified atom stereocenters. The molecule has 1 heterocycles. The van der Waals surface area contributed by atoms with Crippen molar-refractivity contribution in [3.05, 3.63) is 53.9 Å². The van der Waals surface area contributed by atoms with Gasteiger partial charge < -0.3 is 25.0 Å². The number of phenolic OH excluding ortho intramolecular Hbond substituents is 1. The lowest BCUT2D eigenvalue weighted by molar-refractivity contribution is 0.370. The Kier molecular flexibility index (Phi) is 6.94. The lowest BCUT2D eigenvalue weighted by Crippen LogP contribution is -2.38. The number of phenols is 1. The highest BCUT2D eigenvalue weighted by atomic mass is 16.5. The minimum Gasteiger partial charge on any atom is -0.504 e. The smallest absolute Gasteiger partial charge is 0.191 e. The number of methoxy groups -OCH3 is 1. The Labute approximate surface area is 171 Å². The molecular weight excluding hydrogens is 366 g/mol. The lowest BCUT2D eigenvalue weighted by atomic mass is 10.2. The highest BCUT2D eigenvalue weighted by Crippen LogP contribution is 2.29. The van der Waals surface area contributed by atoms with Gasteiger partial charge in [0.25, 0.3) is 0 Å². The van der Waals surface area contributed by atoms with Crippen LogP contribution in [0.3, 0.4) is 0 Å². The van der Waals surface area contributed by atoms with Gasteiger partial charge in [0.15, 0.2) is 17.5 Å². The molecule has 3 N–H and O–H groups in total. The number of para-hydroxylation sites is 3. The number of aryl methyl sites for hydroxylation is 2. The summed E-state index contributed by atoms with van der Waals surface area (Å²) in [6, 6.07) is 13.6. The molecular formula is C22H29N5O2. The van der Waals surface area contributed by atoms with Crippen molar-refractivity contribution in [2.24, 2.45) is 4.99 Å². The molecule has 0 bridgehead atoms. The Hall–Kier alpha value is -3.22. The molecule has 0 fully saturated rings. The third-order valence-electron chi connectivity index (χ3n) is 4.75. The van der Waals surface area contributed by atoms with Gasteiger partial charge in [0.05, 0.1) is 24.7 Å². The molecule has 7 heteroatoms. The van der Waals surface area contributed by atoms with Gasteiger partial charge in [0.2, 0.25) is 0 Å². The average Bonchev–Trinajstić information content (AvgIpc) is 3.05. The summed E-state index contributed by atoms with van der Waals surface area (Å²) in [5.74, 6) is 2.35. The molecule has 7 nitrogen and oxygen atoms in total. The third-order valence-corrected chi connectivity index (χ3v) is 4.75. The van der Waals surface area contributed by atoms with E-state index in [1.807, 2.05) is 44.2 Å². The fraction of sp³-hybridized carbons (Fsp3) is 0.364. The van der Waals surface area contributed by atoms with Gasteiger partial charge in [0, 0.05) is 25.2 Å². The van der Waals surface area contributed by atoms with Crippen molar-refractivity contribution in [2.45, 2.75) is 33.4 Å². The number of aromatic nitrogens is 2. The van der Waals surface area contributed by atoms with Crippen LogP contribution in [0.25, 0.3) is 11.0 Å². The topological polar surface area (TPSA) is 83.7 Å². The quantitative estimate of drug-likeness (QED) is 0.310. The number of imidazole rings is 1. The van der Waals surface area contributed by atoms with E-state index in [-0.39, 0.29) is 5.75 Å². The summed E-state index contributed by atoms with van der Waals surface area (Å²) >= 11 is 0. The Morgan fingerprint density at radius 1 is 1.17 bits per heavy atom. The number of ether oxygens (including phenoxy) is 1. The summed E-state index contributed by atoms with van der Waals surface area (Å²) in [7, 11) is 1.54. The summed E-state index contributed by atoms with van der Waals surface area (Å²) in [4.78, 5) is 9.20. The average molecular weight is 396 g/mol. The first kappa shape index (κ1) is 20.5. The van der Waals surface area contributed by atoms with Gasteiger partial charge in [-0.05, 0) is 38.5 Å². The van der Waals surface area contributed by atoms with E-state index in [2.05, 4.69) is 31.2 Å². The van der Waals surface area contributed by atoms with Crippen molar-refractivity contribution in [1.29, 1.82) is 0 Å². The first-order valence-corrected chi connectivity index (χ1v) is 9.93. The van der Waals surface area contributed by atoms with Gasteiger partial charge >= 0.3 is 0 Å². The molecule has 0 spiro atoms. The number of fused-ring (bicyclic) bond motifs is 1. The molecule has 0 aliphatic rings. The first-order valence-electron chi connectivity index (χ1n) is 9.93. The Balaban J connectivity index is 1.58. The van der Waals surface area contributed by atoms with E-state index in [0.29, 0.717) is 12.3 Å². The van der Waals surface area contributed by atoms with Crippen molar-refractivity contribution >= 4 is 17.0 Å². The number of guanidine groups is 1. The maximum Gasteiger partial charge on any atom is 0.191 e. The summed E-state index contributed by atoms with van der Waals surface area (Å²) in [5, 5.41) is 16.8. The second kappa shape index (κ2) is 9.82. The fourth-order valence-corrected chi connectivity index (χ4v) is 3.29. The molecule has 154 valence electrons. The number of aromatic hydroxyl groups is 1. The predicted molar refractivity (Wildman–Crippen MR) is 117 cm³/mol. The van der Waals surface area contributed by atoms with Crippen LogP contribution < -0.4 is 15.4 Å². The van der Waals surface area contributed by atoms with E-state index in [1.165, 1.54) is 5.52 Å². The van der Waals surface area contributed by atoms with Crippen LogP contribution in [-0.4, -0.2) is 40.8 Å². The van der Waals surface area contributed by atoms with E-state index in [4.69, 9.17) is 4.74 Å².